The highest BCUT2D eigenvalue weighted by Gasteiger charge is 2.15. The van der Waals surface area contributed by atoms with Crippen LogP contribution in [0.5, 0.6) is 11.5 Å². The highest BCUT2D eigenvalue weighted by molar-refractivity contribution is 5.92. The molecule has 0 atom stereocenters. The lowest BCUT2D eigenvalue weighted by Gasteiger charge is -2.17. The monoisotopic (exact) mass is 393 g/mol. The van der Waals surface area contributed by atoms with Crippen LogP contribution in [-0.2, 0) is 6.42 Å². The van der Waals surface area contributed by atoms with Crippen LogP contribution in [0.25, 0.3) is 0 Å². The Morgan fingerprint density at radius 3 is 2.59 bits per heavy atom. The largest absolute Gasteiger partial charge is 0.497 e. The molecule has 0 radical (unpaired) electrons. The molecule has 3 rings (SSSR count). The van der Waals surface area contributed by atoms with Crippen LogP contribution < -0.4 is 14.8 Å². The maximum atomic E-state index is 12.7. The first-order valence-electron chi connectivity index (χ1n) is 9.07. The van der Waals surface area contributed by atoms with E-state index >= 15 is 0 Å². The average molecular weight is 393 g/mol. The van der Waals surface area contributed by atoms with Crippen LogP contribution >= 0.6 is 0 Å². The van der Waals surface area contributed by atoms with Crippen molar-refractivity contribution in [2.24, 2.45) is 0 Å². The van der Waals surface area contributed by atoms with E-state index < -0.39 is 0 Å². The summed E-state index contributed by atoms with van der Waals surface area (Å²) < 4.78 is 10.6. The van der Waals surface area contributed by atoms with E-state index in [9.17, 15) is 4.79 Å². The lowest BCUT2D eigenvalue weighted by Crippen LogP contribution is -2.29. The van der Waals surface area contributed by atoms with Gasteiger partial charge in [0.05, 0.1) is 19.9 Å². The van der Waals surface area contributed by atoms with E-state index in [1.165, 1.54) is 0 Å². The van der Waals surface area contributed by atoms with Gasteiger partial charge >= 0.3 is 0 Å². The molecule has 8 heteroatoms. The fraction of sp³-hybridized carbons (Fsp3) is 0.238. The average Bonchev–Trinajstić information content (AvgIpc) is 2.78. The smallest absolute Gasteiger partial charge is 0.272 e. The molecule has 0 aliphatic heterocycles. The Morgan fingerprint density at radius 1 is 1.07 bits per heavy atom. The van der Waals surface area contributed by atoms with Gasteiger partial charge in [0.15, 0.2) is 0 Å². The SMILES string of the molecule is COc1ccc(Nc2nccc(C(=O)N(C)CCc3ccncc3)n2)c(OC)c1. The molecule has 1 aromatic carbocycles. The Hall–Kier alpha value is -3.68. The molecule has 0 bridgehead atoms. The van der Waals surface area contributed by atoms with E-state index in [1.807, 2.05) is 12.1 Å². The molecular weight excluding hydrogens is 370 g/mol. The van der Waals surface area contributed by atoms with E-state index in [0.717, 1.165) is 12.0 Å². The molecule has 29 heavy (non-hydrogen) atoms. The van der Waals surface area contributed by atoms with Gasteiger partial charge in [-0.2, -0.15) is 0 Å². The number of methoxy groups -OCH3 is 2. The van der Waals surface area contributed by atoms with Gasteiger partial charge in [-0.15, -0.1) is 0 Å². The number of aromatic nitrogens is 3. The fourth-order valence-corrected chi connectivity index (χ4v) is 2.70. The first-order chi connectivity index (χ1) is 14.1. The predicted molar refractivity (Wildman–Crippen MR) is 110 cm³/mol. The number of rotatable bonds is 8. The molecule has 2 aromatic heterocycles. The quantitative estimate of drug-likeness (QED) is 0.629. The van der Waals surface area contributed by atoms with E-state index in [4.69, 9.17) is 9.47 Å². The molecule has 0 fully saturated rings. The Kier molecular flexibility index (Phi) is 6.57. The van der Waals surface area contributed by atoms with E-state index in [-0.39, 0.29) is 5.91 Å². The maximum absolute atomic E-state index is 12.7. The summed E-state index contributed by atoms with van der Waals surface area (Å²) in [4.78, 5) is 26.9. The van der Waals surface area contributed by atoms with Crippen LogP contribution in [0.4, 0.5) is 11.6 Å². The van der Waals surface area contributed by atoms with Crippen molar-refractivity contribution in [3.05, 3.63) is 66.2 Å². The first-order valence-corrected chi connectivity index (χ1v) is 9.07. The topological polar surface area (TPSA) is 89.5 Å². The van der Waals surface area contributed by atoms with E-state index in [1.54, 1.807) is 69.0 Å². The Morgan fingerprint density at radius 2 is 1.86 bits per heavy atom. The third kappa shape index (κ3) is 5.19. The third-order valence-corrected chi connectivity index (χ3v) is 4.36. The molecule has 0 spiro atoms. The number of benzene rings is 1. The number of anilines is 2. The Bertz CT molecular complexity index is 966. The van der Waals surface area contributed by atoms with Gasteiger partial charge in [-0.3, -0.25) is 9.78 Å². The number of hydrogen-bond acceptors (Lipinski definition) is 7. The predicted octanol–water partition coefficient (Wildman–Crippen LogP) is 2.95. The summed E-state index contributed by atoms with van der Waals surface area (Å²) in [7, 11) is 4.91. The first kappa shape index (κ1) is 20.1. The number of nitrogens with zero attached hydrogens (tertiary/aromatic N) is 4. The summed E-state index contributed by atoms with van der Waals surface area (Å²) in [6.45, 7) is 0.571. The number of hydrogen-bond donors (Lipinski definition) is 1. The lowest BCUT2D eigenvalue weighted by atomic mass is 10.2. The Labute approximate surface area is 169 Å². The fourth-order valence-electron chi connectivity index (χ4n) is 2.70. The lowest BCUT2D eigenvalue weighted by molar-refractivity contribution is 0.0791. The van der Waals surface area contributed by atoms with Crippen LogP contribution in [0.2, 0.25) is 0 Å². The zero-order chi connectivity index (χ0) is 20.6. The highest BCUT2D eigenvalue weighted by atomic mass is 16.5. The molecule has 0 saturated carbocycles. The van der Waals surface area contributed by atoms with Crippen LogP contribution in [0.15, 0.2) is 55.0 Å². The normalized spacial score (nSPS) is 10.3. The second-order valence-electron chi connectivity index (χ2n) is 6.29. The zero-order valence-electron chi connectivity index (χ0n) is 16.6. The van der Waals surface area contributed by atoms with Crippen molar-refractivity contribution in [3.8, 4) is 11.5 Å². The van der Waals surface area contributed by atoms with Crippen molar-refractivity contribution in [2.45, 2.75) is 6.42 Å². The molecule has 0 aliphatic rings. The number of amides is 1. The molecule has 2 heterocycles. The van der Waals surface area contributed by atoms with Gasteiger partial charge in [0.25, 0.3) is 5.91 Å². The summed E-state index contributed by atoms with van der Waals surface area (Å²) in [5, 5.41) is 3.09. The minimum Gasteiger partial charge on any atom is -0.497 e. The minimum atomic E-state index is -0.175. The molecule has 0 aliphatic carbocycles. The third-order valence-electron chi connectivity index (χ3n) is 4.36. The van der Waals surface area contributed by atoms with Crippen LogP contribution in [0.1, 0.15) is 16.1 Å². The highest BCUT2D eigenvalue weighted by Crippen LogP contribution is 2.30. The second kappa shape index (κ2) is 9.50. The second-order valence-corrected chi connectivity index (χ2v) is 6.29. The molecule has 1 amide bonds. The molecule has 0 unspecified atom stereocenters. The van der Waals surface area contributed by atoms with E-state index in [0.29, 0.717) is 35.4 Å². The minimum absolute atomic E-state index is 0.175. The standard InChI is InChI=1S/C21H23N5O3/c1-26(13-9-15-6-10-22-11-7-15)20(27)18-8-12-23-21(25-18)24-17-5-4-16(28-2)14-19(17)29-3/h4-8,10-12,14H,9,13H2,1-3H3,(H,23,24,25). The molecule has 1 N–H and O–H groups in total. The summed E-state index contributed by atoms with van der Waals surface area (Å²) in [6.07, 6.45) is 5.78. The summed E-state index contributed by atoms with van der Waals surface area (Å²) >= 11 is 0. The van der Waals surface area contributed by atoms with Gasteiger partial charge in [0.1, 0.15) is 17.2 Å². The molecule has 8 nitrogen and oxygen atoms in total. The number of carbonyl (C=O) groups excluding carboxylic acids is 1. The number of carbonyl (C=O) groups is 1. The van der Waals surface area contributed by atoms with Gasteiger partial charge in [-0.25, -0.2) is 9.97 Å². The summed E-state index contributed by atoms with van der Waals surface area (Å²) in [5.41, 5.74) is 2.10. The van der Waals surface area contributed by atoms with Gasteiger partial charge in [-0.05, 0) is 42.3 Å². The number of pyridine rings is 1. The van der Waals surface area contributed by atoms with Gasteiger partial charge in [-0.1, -0.05) is 0 Å². The maximum Gasteiger partial charge on any atom is 0.272 e. The molecular formula is C21H23N5O3. The number of ether oxygens (including phenoxy) is 2. The van der Waals surface area contributed by atoms with Gasteiger partial charge < -0.3 is 19.7 Å². The van der Waals surface area contributed by atoms with Crippen molar-refractivity contribution < 1.29 is 14.3 Å². The van der Waals surface area contributed by atoms with Crippen LogP contribution in [0.3, 0.4) is 0 Å². The summed E-state index contributed by atoms with van der Waals surface area (Å²) in [6, 6.07) is 10.8. The number of nitrogens with one attached hydrogen (secondary N) is 1. The number of likely N-dealkylation sites (N-methyl/N-ethyl adjacent to an activating group) is 1. The van der Waals surface area contributed by atoms with Gasteiger partial charge in [0, 0.05) is 38.2 Å². The van der Waals surface area contributed by atoms with Crippen molar-refractivity contribution in [3.63, 3.8) is 0 Å². The van der Waals surface area contributed by atoms with Crippen molar-refractivity contribution >= 4 is 17.5 Å². The van der Waals surface area contributed by atoms with Crippen molar-refractivity contribution in [1.29, 1.82) is 0 Å². The van der Waals surface area contributed by atoms with Crippen molar-refractivity contribution in [2.75, 3.05) is 33.1 Å². The van der Waals surface area contributed by atoms with Gasteiger partial charge in [0.2, 0.25) is 5.95 Å². The van der Waals surface area contributed by atoms with E-state index in [2.05, 4.69) is 20.3 Å². The Balaban J connectivity index is 1.69. The zero-order valence-corrected chi connectivity index (χ0v) is 16.6. The molecule has 150 valence electrons. The van der Waals surface area contributed by atoms with Crippen molar-refractivity contribution in [1.82, 2.24) is 19.9 Å². The molecule has 0 saturated heterocycles. The van der Waals surface area contributed by atoms with Crippen LogP contribution in [-0.4, -0.2) is 53.6 Å². The van der Waals surface area contributed by atoms with Crippen LogP contribution in [0, 0.1) is 0 Å². The molecule has 3 aromatic rings. The summed E-state index contributed by atoms with van der Waals surface area (Å²) in [5.74, 6) is 1.39.